The van der Waals surface area contributed by atoms with Crippen molar-refractivity contribution in [2.45, 2.75) is 20.3 Å². The molecule has 4 nitrogen and oxygen atoms in total. The first-order chi connectivity index (χ1) is 6.93. The molecule has 0 unspecified atom stereocenters. The number of nitro groups is 1. The van der Waals surface area contributed by atoms with Crippen molar-refractivity contribution in [1.82, 2.24) is 0 Å². The van der Waals surface area contributed by atoms with E-state index >= 15 is 0 Å². The van der Waals surface area contributed by atoms with Crippen molar-refractivity contribution in [3.05, 3.63) is 39.2 Å². The molecule has 0 spiro atoms. The molecule has 0 aliphatic heterocycles. The van der Waals surface area contributed by atoms with Crippen molar-refractivity contribution in [3.63, 3.8) is 0 Å². The number of nitro benzene ring substituents is 1. The fourth-order valence-electron chi connectivity index (χ4n) is 1.38. The first kappa shape index (κ1) is 11.3. The summed E-state index contributed by atoms with van der Waals surface area (Å²) in [6.07, 6.45) is -0.111. The number of aryl methyl sites for hydroxylation is 1. The van der Waals surface area contributed by atoms with E-state index in [4.69, 9.17) is 0 Å². The van der Waals surface area contributed by atoms with Gasteiger partial charge in [-0.1, -0.05) is 6.07 Å². The maximum atomic E-state index is 13.2. The van der Waals surface area contributed by atoms with Crippen LogP contribution in [0.4, 0.5) is 10.1 Å². The van der Waals surface area contributed by atoms with Gasteiger partial charge < -0.3 is 0 Å². The number of benzene rings is 1. The zero-order valence-electron chi connectivity index (χ0n) is 8.41. The van der Waals surface area contributed by atoms with Crippen LogP contribution in [0.15, 0.2) is 12.1 Å². The van der Waals surface area contributed by atoms with E-state index in [1.807, 2.05) is 0 Å². The van der Waals surface area contributed by atoms with E-state index in [1.165, 1.54) is 13.0 Å². The first-order valence-corrected chi connectivity index (χ1v) is 4.35. The fraction of sp³-hybridized carbons (Fsp3) is 0.300. The second-order valence-electron chi connectivity index (χ2n) is 3.33. The van der Waals surface area contributed by atoms with Gasteiger partial charge in [0.1, 0.15) is 5.78 Å². The van der Waals surface area contributed by atoms with Crippen molar-refractivity contribution in [2.24, 2.45) is 0 Å². The number of hydrogen-bond donors (Lipinski definition) is 0. The average Bonchev–Trinajstić information content (AvgIpc) is 2.10. The molecule has 0 radical (unpaired) electrons. The molecule has 80 valence electrons. The molecule has 0 aliphatic rings. The maximum Gasteiger partial charge on any atom is 0.308 e. The Morgan fingerprint density at radius 1 is 1.53 bits per heavy atom. The van der Waals surface area contributed by atoms with Gasteiger partial charge in [0.25, 0.3) is 0 Å². The summed E-state index contributed by atoms with van der Waals surface area (Å²) in [5, 5.41) is 10.6. The van der Waals surface area contributed by atoms with Gasteiger partial charge in [-0.3, -0.25) is 14.9 Å². The van der Waals surface area contributed by atoms with Gasteiger partial charge in [-0.2, -0.15) is 4.39 Å². The van der Waals surface area contributed by atoms with E-state index in [2.05, 4.69) is 0 Å². The van der Waals surface area contributed by atoms with Gasteiger partial charge in [0.15, 0.2) is 0 Å². The van der Waals surface area contributed by atoms with Crippen molar-refractivity contribution in [3.8, 4) is 0 Å². The number of carbonyl (C=O) groups is 1. The second kappa shape index (κ2) is 4.16. The number of nitrogens with zero attached hydrogens (tertiary/aromatic N) is 1. The van der Waals surface area contributed by atoms with Gasteiger partial charge in [-0.25, -0.2) is 0 Å². The largest absolute Gasteiger partial charge is 0.308 e. The Hall–Kier alpha value is -1.78. The molecule has 5 heteroatoms. The van der Waals surface area contributed by atoms with Crippen molar-refractivity contribution in [2.75, 3.05) is 0 Å². The predicted molar refractivity (Wildman–Crippen MR) is 52.2 cm³/mol. The molecule has 0 N–H and O–H groups in total. The van der Waals surface area contributed by atoms with Crippen LogP contribution in [0.5, 0.6) is 0 Å². The van der Waals surface area contributed by atoms with Crippen molar-refractivity contribution >= 4 is 11.5 Å². The molecule has 0 saturated heterocycles. The van der Waals surface area contributed by atoms with E-state index in [1.54, 1.807) is 6.92 Å². The summed E-state index contributed by atoms with van der Waals surface area (Å²) in [6.45, 7) is 2.93. The molecular weight excluding hydrogens is 201 g/mol. The third-order valence-electron chi connectivity index (χ3n) is 2.08. The molecule has 0 fully saturated rings. The van der Waals surface area contributed by atoms with E-state index in [9.17, 15) is 19.3 Å². The van der Waals surface area contributed by atoms with Crippen LogP contribution in [0.25, 0.3) is 0 Å². The highest BCUT2D eigenvalue weighted by atomic mass is 19.1. The van der Waals surface area contributed by atoms with Gasteiger partial charge in [0.05, 0.1) is 4.92 Å². The molecule has 0 atom stereocenters. The van der Waals surface area contributed by atoms with E-state index < -0.39 is 16.4 Å². The highest BCUT2D eigenvalue weighted by molar-refractivity contribution is 5.80. The van der Waals surface area contributed by atoms with E-state index in [0.717, 1.165) is 6.07 Å². The van der Waals surface area contributed by atoms with Gasteiger partial charge in [-0.05, 0) is 25.5 Å². The number of hydrogen-bond acceptors (Lipinski definition) is 3. The van der Waals surface area contributed by atoms with E-state index in [0.29, 0.717) is 5.56 Å². The first-order valence-electron chi connectivity index (χ1n) is 4.35. The minimum atomic E-state index is -0.901. The summed E-state index contributed by atoms with van der Waals surface area (Å²) in [5.74, 6) is -1.13. The van der Waals surface area contributed by atoms with Crippen LogP contribution in [0.3, 0.4) is 0 Å². The molecule has 0 aromatic heterocycles. The zero-order chi connectivity index (χ0) is 11.6. The monoisotopic (exact) mass is 211 g/mol. The minimum Gasteiger partial charge on any atom is -0.300 e. The van der Waals surface area contributed by atoms with Crippen molar-refractivity contribution in [1.29, 1.82) is 0 Å². The third kappa shape index (κ3) is 2.37. The summed E-state index contributed by atoms with van der Waals surface area (Å²) in [4.78, 5) is 20.7. The van der Waals surface area contributed by atoms with Crippen LogP contribution in [0.2, 0.25) is 0 Å². The lowest BCUT2D eigenvalue weighted by molar-refractivity contribution is -0.388. The lowest BCUT2D eigenvalue weighted by Gasteiger charge is -2.05. The minimum absolute atomic E-state index is 0.111. The molecule has 0 heterocycles. The standard InChI is InChI=1S/C10H10FNO3/c1-6-3-4-9(11)10(12(14)15)8(6)5-7(2)13/h3-4H,5H2,1-2H3. The zero-order valence-corrected chi connectivity index (χ0v) is 8.41. The molecule has 0 saturated carbocycles. The molecular formula is C10H10FNO3. The maximum absolute atomic E-state index is 13.2. The Balaban J connectivity index is 3.38. The topological polar surface area (TPSA) is 60.2 Å². The molecule has 1 rings (SSSR count). The fourth-order valence-corrected chi connectivity index (χ4v) is 1.38. The SMILES string of the molecule is CC(=O)Cc1c(C)ccc(F)c1[N+](=O)[O-]. The molecule has 0 amide bonds. The predicted octanol–water partition coefficient (Wildman–Crippen LogP) is 2.17. The lowest BCUT2D eigenvalue weighted by Crippen LogP contribution is -2.05. The average molecular weight is 211 g/mol. The number of carbonyl (C=O) groups excluding carboxylic acids is 1. The number of Topliss-reactive ketones (excluding diaryl/α,β-unsaturated/α-hetero) is 1. The third-order valence-corrected chi connectivity index (χ3v) is 2.08. The smallest absolute Gasteiger partial charge is 0.300 e. The highest BCUT2D eigenvalue weighted by Gasteiger charge is 2.22. The lowest BCUT2D eigenvalue weighted by atomic mass is 10.0. The summed E-state index contributed by atoms with van der Waals surface area (Å²) in [5.41, 5.74) is 0.121. The van der Waals surface area contributed by atoms with Crippen LogP contribution in [0.1, 0.15) is 18.1 Å². The highest BCUT2D eigenvalue weighted by Crippen LogP contribution is 2.26. The Morgan fingerprint density at radius 3 is 2.60 bits per heavy atom. The van der Waals surface area contributed by atoms with Crippen LogP contribution in [-0.2, 0) is 11.2 Å². The summed E-state index contributed by atoms with van der Waals surface area (Å²) in [6, 6.07) is 2.47. The number of ketones is 1. The Kier molecular flexibility index (Phi) is 3.14. The number of halogens is 1. The van der Waals surface area contributed by atoms with Gasteiger partial charge in [0, 0.05) is 12.0 Å². The second-order valence-corrected chi connectivity index (χ2v) is 3.33. The molecule has 1 aromatic carbocycles. The van der Waals surface area contributed by atoms with Crippen molar-refractivity contribution < 1.29 is 14.1 Å². The Morgan fingerprint density at radius 2 is 2.13 bits per heavy atom. The molecule has 15 heavy (non-hydrogen) atoms. The Bertz CT molecular complexity index is 429. The van der Waals surface area contributed by atoms with E-state index in [-0.39, 0.29) is 17.8 Å². The molecule has 0 aliphatic carbocycles. The normalized spacial score (nSPS) is 10.1. The number of rotatable bonds is 3. The van der Waals surface area contributed by atoms with Crippen LogP contribution < -0.4 is 0 Å². The molecule has 0 bridgehead atoms. The summed E-state index contributed by atoms with van der Waals surface area (Å²) in [7, 11) is 0. The molecule has 1 aromatic rings. The Labute approximate surface area is 85.9 Å². The summed E-state index contributed by atoms with van der Waals surface area (Å²) < 4.78 is 13.2. The quantitative estimate of drug-likeness (QED) is 0.568. The van der Waals surface area contributed by atoms with Gasteiger partial charge >= 0.3 is 5.69 Å². The van der Waals surface area contributed by atoms with Crippen LogP contribution in [-0.4, -0.2) is 10.7 Å². The van der Waals surface area contributed by atoms with Gasteiger partial charge in [0.2, 0.25) is 5.82 Å². The van der Waals surface area contributed by atoms with Crippen LogP contribution in [0, 0.1) is 22.9 Å². The van der Waals surface area contributed by atoms with Crippen LogP contribution >= 0.6 is 0 Å². The summed E-state index contributed by atoms with van der Waals surface area (Å²) >= 11 is 0. The van der Waals surface area contributed by atoms with Gasteiger partial charge in [-0.15, -0.1) is 0 Å².